The lowest BCUT2D eigenvalue weighted by molar-refractivity contribution is -0.123. The van der Waals surface area contributed by atoms with Crippen LogP contribution in [-0.2, 0) is 9.59 Å². The summed E-state index contributed by atoms with van der Waals surface area (Å²) in [5.74, 6) is -0.615. The van der Waals surface area contributed by atoms with E-state index < -0.39 is 0 Å². The van der Waals surface area contributed by atoms with E-state index in [0.29, 0.717) is 5.69 Å². The SMILES string of the molecule is Cc1ccc(N2C(=O)[C@@H]3[C@H]4C[C@@H]([C@@H]3C2=O)[C@@H]2[C@H](c3ccccc3O)c3sc(=O)[nH]c3S[C@H]42)cc1. The lowest BCUT2D eigenvalue weighted by Crippen LogP contribution is -2.42. The van der Waals surface area contributed by atoms with E-state index in [4.69, 9.17) is 0 Å². The van der Waals surface area contributed by atoms with Crippen molar-refractivity contribution in [3.8, 4) is 5.75 Å². The van der Waals surface area contributed by atoms with Crippen LogP contribution in [0.15, 0.2) is 58.4 Å². The molecular weight excluding hydrogens is 468 g/mol. The number of hydrogen-bond donors (Lipinski definition) is 2. The van der Waals surface area contributed by atoms with Crippen molar-refractivity contribution in [3.05, 3.63) is 74.2 Å². The lowest BCUT2D eigenvalue weighted by Gasteiger charge is -2.43. The minimum atomic E-state index is -0.341. The highest BCUT2D eigenvalue weighted by Gasteiger charge is 2.69. The Balaban J connectivity index is 1.34. The molecule has 0 radical (unpaired) electrons. The van der Waals surface area contributed by atoms with Crippen molar-refractivity contribution < 1.29 is 14.7 Å². The Kier molecular flexibility index (Phi) is 4.28. The summed E-state index contributed by atoms with van der Waals surface area (Å²) < 4.78 is 0. The molecule has 7 atom stereocenters. The van der Waals surface area contributed by atoms with Gasteiger partial charge < -0.3 is 10.1 Å². The number of rotatable bonds is 2. The summed E-state index contributed by atoms with van der Waals surface area (Å²) in [6, 6.07) is 14.9. The maximum Gasteiger partial charge on any atom is 0.305 e. The Morgan fingerprint density at radius 1 is 0.971 bits per heavy atom. The van der Waals surface area contributed by atoms with Gasteiger partial charge in [-0.1, -0.05) is 47.2 Å². The number of benzene rings is 2. The third-order valence-electron chi connectivity index (χ3n) is 8.29. The molecule has 2 aliphatic heterocycles. The summed E-state index contributed by atoms with van der Waals surface area (Å²) in [4.78, 5) is 44.8. The van der Waals surface area contributed by atoms with Gasteiger partial charge in [-0.25, -0.2) is 0 Å². The third-order valence-corrected chi connectivity index (χ3v) is 10.9. The molecule has 34 heavy (non-hydrogen) atoms. The first-order chi connectivity index (χ1) is 16.4. The summed E-state index contributed by atoms with van der Waals surface area (Å²) in [5.41, 5.74) is 2.52. The molecule has 4 aliphatic rings. The first-order valence-corrected chi connectivity index (χ1v) is 13.3. The Morgan fingerprint density at radius 2 is 1.68 bits per heavy atom. The fourth-order valence-electron chi connectivity index (χ4n) is 7.06. The number of anilines is 1. The van der Waals surface area contributed by atoms with Crippen LogP contribution in [0.4, 0.5) is 5.69 Å². The van der Waals surface area contributed by atoms with Gasteiger partial charge in [-0.05, 0) is 49.3 Å². The van der Waals surface area contributed by atoms with Crippen LogP contribution in [0.1, 0.15) is 28.3 Å². The second-order valence-electron chi connectivity index (χ2n) is 9.87. The minimum Gasteiger partial charge on any atom is -0.508 e. The highest BCUT2D eigenvalue weighted by molar-refractivity contribution is 8.00. The molecule has 7 rings (SSSR count). The summed E-state index contributed by atoms with van der Waals surface area (Å²) in [5, 5.41) is 11.7. The zero-order chi connectivity index (χ0) is 23.3. The molecule has 2 saturated carbocycles. The van der Waals surface area contributed by atoms with Gasteiger partial charge in [0.1, 0.15) is 5.75 Å². The Labute approximate surface area is 204 Å². The van der Waals surface area contributed by atoms with E-state index in [2.05, 4.69) is 4.98 Å². The highest BCUT2D eigenvalue weighted by Crippen LogP contribution is 2.69. The number of aromatic hydroxyl groups is 1. The number of aromatic nitrogens is 1. The maximum atomic E-state index is 13.7. The molecule has 6 nitrogen and oxygen atoms in total. The average Bonchev–Trinajstić information content (AvgIpc) is 3.54. The number of aryl methyl sites for hydroxylation is 1. The van der Waals surface area contributed by atoms with Crippen LogP contribution in [0.5, 0.6) is 5.75 Å². The van der Waals surface area contributed by atoms with Gasteiger partial charge in [-0.2, -0.15) is 0 Å². The van der Waals surface area contributed by atoms with Gasteiger partial charge in [0.25, 0.3) is 0 Å². The van der Waals surface area contributed by atoms with Gasteiger partial charge in [-0.15, -0.1) is 11.8 Å². The second-order valence-corrected chi connectivity index (χ2v) is 12.1. The Hall–Kier alpha value is -2.84. The smallest absolute Gasteiger partial charge is 0.305 e. The Morgan fingerprint density at radius 3 is 2.41 bits per heavy atom. The number of fused-ring (bicyclic) bond motifs is 9. The topological polar surface area (TPSA) is 90.5 Å². The summed E-state index contributed by atoms with van der Waals surface area (Å²) in [7, 11) is 0. The number of carbonyl (C=O) groups is 2. The van der Waals surface area contributed by atoms with Crippen molar-refractivity contribution >= 4 is 40.6 Å². The zero-order valence-electron chi connectivity index (χ0n) is 18.3. The van der Waals surface area contributed by atoms with E-state index in [1.165, 1.54) is 16.2 Å². The predicted octanol–water partition coefficient (Wildman–Crippen LogP) is 4.13. The van der Waals surface area contributed by atoms with Crippen LogP contribution in [0.2, 0.25) is 0 Å². The van der Waals surface area contributed by atoms with Gasteiger partial charge in [0.15, 0.2) is 0 Å². The number of H-pyrrole nitrogens is 1. The molecular formula is C26H22N2O4S2. The van der Waals surface area contributed by atoms with Crippen molar-refractivity contribution in [2.24, 2.45) is 29.6 Å². The molecule has 2 amide bonds. The van der Waals surface area contributed by atoms with Gasteiger partial charge in [-0.3, -0.25) is 19.3 Å². The van der Waals surface area contributed by atoms with E-state index in [1.54, 1.807) is 23.9 Å². The number of amides is 2. The number of nitrogens with zero attached hydrogens (tertiary/aromatic N) is 1. The molecule has 2 N–H and O–H groups in total. The number of imide groups is 1. The number of hydrogen-bond acceptors (Lipinski definition) is 6. The van der Waals surface area contributed by atoms with E-state index in [1.807, 2.05) is 43.3 Å². The fourth-order valence-corrected chi connectivity index (χ4v) is 9.94. The number of para-hydroxylation sites is 1. The number of nitrogens with one attached hydrogen (secondary N) is 1. The molecule has 1 aromatic heterocycles. The fraction of sp³-hybridized carbons (Fsp3) is 0.346. The second kappa shape index (κ2) is 7.09. The summed E-state index contributed by atoms with van der Waals surface area (Å²) in [6.07, 6.45) is 0.833. The average molecular weight is 491 g/mol. The van der Waals surface area contributed by atoms with E-state index in [-0.39, 0.29) is 63.2 Å². The molecule has 1 saturated heterocycles. The molecule has 8 heteroatoms. The zero-order valence-corrected chi connectivity index (χ0v) is 19.9. The quantitative estimate of drug-likeness (QED) is 0.527. The van der Waals surface area contributed by atoms with Gasteiger partial charge in [0, 0.05) is 21.6 Å². The van der Waals surface area contributed by atoms with E-state index >= 15 is 0 Å². The maximum absolute atomic E-state index is 13.7. The number of thiazole rings is 1. The predicted molar refractivity (Wildman–Crippen MR) is 130 cm³/mol. The number of aromatic amines is 1. The van der Waals surface area contributed by atoms with Crippen molar-refractivity contribution in [1.29, 1.82) is 0 Å². The van der Waals surface area contributed by atoms with Crippen molar-refractivity contribution in [2.45, 2.75) is 29.5 Å². The largest absolute Gasteiger partial charge is 0.508 e. The minimum absolute atomic E-state index is 0.0364. The molecule has 0 unspecified atom stereocenters. The molecule has 3 fully saturated rings. The normalized spacial score (nSPS) is 33.2. The molecule has 172 valence electrons. The molecule has 3 aromatic rings. The molecule has 2 aromatic carbocycles. The monoisotopic (exact) mass is 490 g/mol. The first kappa shape index (κ1) is 20.5. The Bertz CT molecular complexity index is 1410. The van der Waals surface area contributed by atoms with Crippen LogP contribution in [0.3, 0.4) is 0 Å². The highest BCUT2D eigenvalue weighted by atomic mass is 32.2. The number of phenolic OH excluding ortho intramolecular Hbond substituents is 1. The van der Waals surface area contributed by atoms with Crippen LogP contribution in [-0.4, -0.2) is 27.2 Å². The van der Waals surface area contributed by atoms with Gasteiger partial charge in [0.05, 0.1) is 22.5 Å². The molecule has 2 aliphatic carbocycles. The lowest BCUT2D eigenvalue weighted by atomic mass is 9.68. The molecule has 3 heterocycles. The van der Waals surface area contributed by atoms with Crippen LogP contribution in [0, 0.1) is 36.5 Å². The van der Waals surface area contributed by atoms with E-state index in [0.717, 1.165) is 27.5 Å². The standard InChI is InChI=1S/C26H22N2O4S2/c1-11-6-8-12(9-7-11)28-24(30)19-14-10-15(20(19)25(28)31)21-18(14)17(13-4-2-3-5-16(13)29)22-23(33-21)27-26(32)34-22/h2-9,14-15,17-21,29H,10H2,1H3,(H,27,32)/t14-,15-,17+,18-,19+,20-,21-/m1/s1. The number of thioether (sulfide) groups is 1. The van der Waals surface area contributed by atoms with Crippen LogP contribution >= 0.6 is 23.1 Å². The van der Waals surface area contributed by atoms with Crippen molar-refractivity contribution in [3.63, 3.8) is 0 Å². The van der Waals surface area contributed by atoms with Crippen LogP contribution in [0.25, 0.3) is 0 Å². The van der Waals surface area contributed by atoms with Gasteiger partial charge in [0.2, 0.25) is 11.8 Å². The van der Waals surface area contributed by atoms with Gasteiger partial charge >= 0.3 is 4.87 Å². The van der Waals surface area contributed by atoms with Crippen molar-refractivity contribution in [1.82, 2.24) is 4.98 Å². The summed E-state index contributed by atoms with van der Waals surface area (Å²) >= 11 is 2.86. The van der Waals surface area contributed by atoms with E-state index in [9.17, 15) is 19.5 Å². The molecule has 0 spiro atoms. The number of carbonyl (C=O) groups excluding carboxylic acids is 2. The third kappa shape index (κ3) is 2.61. The van der Waals surface area contributed by atoms with Crippen LogP contribution < -0.4 is 9.77 Å². The number of phenols is 1. The first-order valence-electron chi connectivity index (χ1n) is 11.6. The summed E-state index contributed by atoms with van der Waals surface area (Å²) in [6.45, 7) is 1.98. The molecule has 2 bridgehead atoms. The van der Waals surface area contributed by atoms with Crippen molar-refractivity contribution in [2.75, 3.05) is 4.90 Å².